The fourth-order valence-electron chi connectivity index (χ4n) is 2.84. The summed E-state index contributed by atoms with van der Waals surface area (Å²) in [5.74, 6) is 0. The molecule has 0 saturated carbocycles. The first-order valence-electron chi connectivity index (χ1n) is 7.40. The van der Waals surface area contributed by atoms with E-state index in [4.69, 9.17) is 4.74 Å². The van der Waals surface area contributed by atoms with Crippen LogP contribution in [0.2, 0.25) is 0 Å². The lowest BCUT2D eigenvalue weighted by molar-refractivity contribution is 0.00558. The molecule has 1 fully saturated rings. The van der Waals surface area contributed by atoms with Gasteiger partial charge >= 0.3 is 0 Å². The molecular formula is C15H17N5OS. The highest BCUT2D eigenvalue weighted by molar-refractivity contribution is 7.20. The third-order valence-electron chi connectivity index (χ3n) is 3.83. The van der Waals surface area contributed by atoms with Gasteiger partial charge in [0.2, 0.25) is 10.1 Å². The molecule has 3 aromatic heterocycles. The molecular weight excluding hydrogens is 298 g/mol. The average Bonchev–Trinajstić information content (AvgIpc) is 3.05. The van der Waals surface area contributed by atoms with Gasteiger partial charge in [-0.1, -0.05) is 11.3 Å². The maximum Gasteiger partial charge on any atom is 0.214 e. The molecule has 0 unspecified atom stereocenters. The van der Waals surface area contributed by atoms with Crippen LogP contribution in [0.25, 0.3) is 4.96 Å². The molecule has 1 aliphatic rings. The van der Waals surface area contributed by atoms with Gasteiger partial charge in [-0.25, -0.2) is 9.50 Å². The molecule has 22 heavy (non-hydrogen) atoms. The SMILES string of the molecule is Cc1cn2nc(N[C@H]3CCCO[C@@H]3c3ccncc3)sc2n1. The van der Waals surface area contributed by atoms with E-state index in [2.05, 4.69) is 20.4 Å². The van der Waals surface area contributed by atoms with Crippen LogP contribution in [0, 0.1) is 6.92 Å². The number of nitrogens with one attached hydrogen (secondary N) is 1. The Kier molecular flexibility index (Phi) is 3.51. The number of aryl methyl sites for hydroxylation is 1. The van der Waals surface area contributed by atoms with Crippen molar-refractivity contribution in [2.75, 3.05) is 11.9 Å². The topological polar surface area (TPSA) is 64.3 Å². The van der Waals surface area contributed by atoms with E-state index in [0.29, 0.717) is 0 Å². The minimum atomic E-state index is 0.0368. The second-order valence-corrected chi connectivity index (χ2v) is 6.44. The lowest BCUT2D eigenvalue weighted by Crippen LogP contribution is -2.33. The normalized spacial score (nSPS) is 22.0. The van der Waals surface area contributed by atoms with Crippen LogP contribution < -0.4 is 5.32 Å². The lowest BCUT2D eigenvalue weighted by Gasteiger charge is -2.32. The van der Waals surface area contributed by atoms with Crippen molar-refractivity contribution in [1.29, 1.82) is 0 Å². The monoisotopic (exact) mass is 315 g/mol. The Morgan fingerprint density at radius 3 is 3.05 bits per heavy atom. The van der Waals surface area contributed by atoms with E-state index in [1.807, 2.05) is 42.2 Å². The maximum absolute atomic E-state index is 5.99. The third kappa shape index (κ3) is 2.57. The van der Waals surface area contributed by atoms with E-state index < -0.39 is 0 Å². The highest BCUT2D eigenvalue weighted by Crippen LogP contribution is 2.31. The van der Waals surface area contributed by atoms with Crippen LogP contribution >= 0.6 is 11.3 Å². The summed E-state index contributed by atoms with van der Waals surface area (Å²) in [5, 5.41) is 8.96. The number of imidazole rings is 1. The molecule has 0 amide bonds. The van der Waals surface area contributed by atoms with E-state index in [1.165, 1.54) is 0 Å². The molecule has 1 saturated heterocycles. The molecule has 0 aliphatic carbocycles. The molecule has 0 aromatic carbocycles. The Labute approximate surface area is 132 Å². The quantitative estimate of drug-likeness (QED) is 0.805. The number of anilines is 1. The number of hydrogen-bond acceptors (Lipinski definition) is 6. The second kappa shape index (κ2) is 5.66. The van der Waals surface area contributed by atoms with E-state index in [0.717, 1.165) is 40.8 Å². The first-order chi connectivity index (χ1) is 10.8. The lowest BCUT2D eigenvalue weighted by atomic mass is 9.97. The number of hydrogen-bond donors (Lipinski definition) is 1. The molecule has 2 atom stereocenters. The summed E-state index contributed by atoms with van der Waals surface area (Å²) >= 11 is 1.57. The van der Waals surface area contributed by atoms with Gasteiger partial charge in [-0.05, 0) is 37.5 Å². The maximum atomic E-state index is 5.99. The highest BCUT2D eigenvalue weighted by Gasteiger charge is 2.28. The van der Waals surface area contributed by atoms with Crippen LogP contribution in [0.1, 0.15) is 30.2 Å². The number of ether oxygens (including phenoxy) is 1. The molecule has 4 rings (SSSR count). The molecule has 0 bridgehead atoms. The Balaban J connectivity index is 1.57. The second-order valence-electron chi connectivity index (χ2n) is 5.48. The Hall–Kier alpha value is -1.99. The van der Waals surface area contributed by atoms with Crippen molar-refractivity contribution < 1.29 is 4.74 Å². The molecule has 7 heteroatoms. The van der Waals surface area contributed by atoms with Crippen molar-refractivity contribution in [2.24, 2.45) is 0 Å². The van der Waals surface area contributed by atoms with Crippen molar-refractivity contribution >= 4 is 21.4 Å². The Morgan fingerprint density at radius 1 is 1.36 bits per heavy atom. The van der Waals surface area contributed by atoms with Crippen molar-refractivity contribution in [3.63, 3.8) is 0 Å². The first-order valence-corrected chi connectivity index (χ1v) is 8.22. The molecule has 114 valence electrons. The summed E-state index contributed by atoms with van der Waals surface area (Å²) in [6.45, 7) is 2.77. The molecule has 6 nitrogen and oxygen atoms in total. The van der Waals surface area contributed by atoms with E-state index in [9.17, 15) is 0 Å². The van der Waals surface area contributed by atoms with Crippen LogP contribution in [-0.2, 0) is 4.74 Å². The zero-order valence-electron chi connectivity index (χ0n) is 12.3. The van der Waals surface area contributed by atoms with E-state index in [-0.39, 0.29) is 12.1 Å². The minimum absolute atomic E-state index is 0.0368. The van der Waals surface area contributed by atoms with Gasteiger partial charge < -0.3 is 10.1 Å². The van der Waals surface area contributed by atoms with Crippen molar-refractivity contribution in [3.8, 4) is 0 Å². The highest BCUT2D eigenvalue weighted by atomic mass is 32.1. The van der Waals surface area contributed by atoms with Gasteiger partial charge in [0.25, 0.3) is 0 Å². The van der Waals surface area contributed by atoms with Crippen LogP contribution in [0.4, 0.5) is 5.13 Å². The summed E-state index contributed by atoms with van der Waals surface area (Å²) in [6.07, 6.45) is 7.72. The number of fused-ring (bicyclic) bond motifs is 1. The van der Waals surface area contributed by atoms with Crippen LogP contribution in [0.15, 0.2) is 30.7 Å². The first kappa shape index (κ1) is 13.7. The summed E-state index contributed by atoms with van der Waals surface area (Å²) in [5.41, 5.74) is 2.14. The predicted octanol–water partition coefficient (Wildman–Crippen LogP) is 2.83. The standard InChI is InChI=1S/C15H17N5OS/c1-10-9-20-15(17-10)22-14(19-20)18-12-3-2-8-21-13(12)11-4-6-16-7-5-11/h4-7,9,12-13H,2-3,8H2,1H3,(H,18,19)/t12-,13+/m0/s1. The van der Waals surface area contributed by atoms with Gasteiger partial charge in [0.15, 0.2) is 0 Å². The summed E-state index contributed by atoms with van der Waals surface area (Å²) < 4.78 is 7.81. The van der Waals surface area contributed by atoms with Crippen LogP contribution in [0.5, 0.6) is 0 Å². The third-order valence-corrected chi connectivity index (χ3v) is 4.68. The average molecular weight is 315 g/mol. The Morgan fingerprint density at radius 2 is 2.23 bits per heavy atom. The zero-order valence-corrected chi connectivity index (χ0v) is 13.1. The van der Waals surface area contributed by atoms with Gasteiger partial charge in [-0.15, -0.1) is 5.10 Å². The number of pyridine rings is 1. The number of nitrogens with zero attached hydrogens (tertiary/aromatic N) is 4. The van der Waals surface area contributed by atoms with Crippen LogP contribution in [-0.4, -0.2) is 32.2 Å². The molecule has 1 N–H and O–H groups in total. The van der Waals surface area contributed by atoms with E-state index >= 15 is 0 Å². The van der Waals surface area contributed by atoms with Gasteiger partial charge in [0.05, 0.1) is 17.9 Å². The van der Waals surface area contributed by atoms with Gasteiger partial charge in [-0.3, -0.25) is 4.98 Å². The van der Waals surface area contributed by atoms with Crippen molar-refractivity contribution in [1.82, 2.24) is 19.6 Å². The molecule has 4 heterocycles. The molecule has 0 radical (unpaired) electrons. The Bertz CT molecular complexity index is 737. The largest absolute Gasteiger partial charge is 0.371 e. The van der Waals surface area contributed by atoms with E-state index in [1.54, 1.807) is 11.3 Å². The van der Waals surface area contributed by atoms with Crippen LogP contribution in [0.3, 0.4) is 0 Å². The van der Waals surface area contributed by atoms with Gasteiger partial charge in [0, 0.05) is 19.0 Å². The number of rotatable bonds is 3. The predicted molar refractivity (Wildman–Crippen MR) is 85.2 cm³/mol. The number of aromatic nitrogens is 4. The summed E-state index contributed by atoms with van der Waals surface area (Å²) in [7, 11) is 0. The smallest absolute Gasteiger partial charge is 0.214 e. The fourth-order valence-corrected chi connectivity index (χ4v) is 3.73. The van der Waals surface area contributed by atoms with Crippen molar-refractivity contribution in [2.45, 2.75) is 31.9 Å². The zero-order chi connectivity index (χ0) is 14.9. The summed E-state index contributed by atoms with van der Waals surface area (Å²) in [6, 6.07) is 4.25. The summed E-state index contributed by atoms with van der Waals surface area (Å²) in [4.78, 5) is 9.44. The molecule has 0 spiro atoms. The minimum Gasteiger partial charge on any atom is -0.371 e. The fraction of sp³-hybridized carbons (Fsp3) is 0.400. The van der Waals surface area contributed by atoms with Gasteiger partial charge in [0.1, 0.15) is 6.10 Å². The van der Waals surface area contributed by atoms with Gasteiger partial charge in [-0.2, -0.15) is 0 Å². The van der Waals surface area contributed by atoms with Crippen molar-refractivity contribution in [3.05, 3.63) is 42.0 Å². The molecule has 3 aromatic rings. The molecule has 1 aliphatic heterocycles.